The lowest BCUT2D eigenvalue weighted by atomic mass is 9.70. The van der Waals surface area contributed by atoms with E-state index in [0.29, 0.717) is 5.41 Å². The third-order valence-electron chi connectivity index (χ3n) is 6.79. The summed E-state index contributed by atoms with van der Waals surface area (Å²) in [6, 6.07) is 9.13. The van der Waals surface area contributed by atoms with E-state index in [0.717, 1.165) is 19.0 Å². The molecular formula is C24H39ClN2. The zero-order chi connectivity index (χ0) is 18.6. The van der Waals surface area contributed by atoms with Crippen molar-refractivity contribution in [1.29, 1.82) is 0 Å². The van der Waals surface area contributed by atoms with Crippen LogP contribution in [0.2, 0.25) is 0 Å². The molecule has 0 atom stereocenters. The molecule has 2 nitrogen and oxygen atoms in total. The summed E-state index contributed by atoms with van der Waals surface area (Å²) in [7, 11) is 0. The summed E-state index contributed by atoms with van der Waals surface area (Å²) in [5, 5.41) is 0. The summed E-state index contributed by atoms with van der Waals surface area (Å²) >= 11 is 0. The Morgan fingerprint density at radius 2 is 1.67 bits per heavy atom. The Morgan fingerprint density at radius 3 is 2.22 bits per heavy atom. The van der Waals surface area contributed by atoms with E-state index < -0.39 is 0 Å². The molecule has 27 heavy (non-hydrogen) atoms. The predicted molar refractivity (Wildman–Crippen MR) is 122 cm³/mol. The van der Waals surface area contributed by atoms with Crippen molar-refractivity contribution in [3.63, 3.8) is 0 Å². The Hall–Kier alpha value is -0.990. The first-order valence-corrected chi connectivity index (χ1v) is 10.8. The Labute approximate surface area is 173 Å². The fourth-order valence-corrected chi connectivity index (χ4v) is 4.79. The minimum atomic E-state index is 0. The largest absolute Gasteiger partial charge is 0.368 e. The Kier molecular flexibility index (Phi) is 8.24. The summed E-state index contributed by atoms with van der Waals surface area (Å²) in [6.07, 6.45) is 9.03. The monoisotopic (exact) mass is 390 g/mol. The van der Waals surface area contributed by atoms with Crippen LogP contribution >= 0.6 is 12.4 Å². The number of anilines is 1. The zero-order valence-electron chi connectivity index (χ0n) is 17.8. The van der Waals surface area contributed by atoms with Crippen molar-refractivity contribution in [1.82, 2.24) is 4.90 Å². The Morgan fingerprint density at radius 1 is 1.00 bits per heavy atom. The second kappa shape index (κ2) is 9.98. The van der Waals surface area contributed by atoms with Crippen LogP contribution in [-0.4, -0.2) is 37.6 Å². The number of benzene rings is 1. The number of allylic oxidation sites excluding steroid dienone is 2. The number of para-hydroxylation sites is 1. The van der Waals surface area contributed by atoms with Crippen LogP contribution in [0.3, 0.4) is 0 Å². The molecule has 0 spiro atoms. The minimum Gasteiger partial charge on any atom is -0.368 e. The fourth-order valence-electron chi connectivity index (χ4n) is 4.79. The van der Waals surface area contributed by atoms with Crippen molar-refractivity contribution in [2.45, 2.75) is 59.8 Å². The van der Waals surface area contributed by atoms with Crippen molar-refractivity contribution in [2.75, 3.05) is 37.6 Å². The molecule has 0 amide bonds. The van der Waals surface area contributed by atoms with Gasteiger partial charge in [0, 0.05) is 44.0 Å². The first kappa shape index (κ1) is 22.3. The van der Waals surface area contributed by atoms with Gasteiger partial charge < -0.3 is 4.90 Å². The summed E-state index contributed by atoms with van der Waals surface area (Å²) in [4.78, 5) is 5.25. The molecule has 3 heteroatoms. The topological polar surface area (TPSA) is 6.48 Å². The van der Waals surface area contributed by atoms with Crippen LogP contribution in [0.1, 0.15) is 65.4 Å². The standard InChI is InChI=1S/C24H38N2.ClH/c1-5-24(6-2)13-11-21(12-14-24)22-9-7-8-10-23(22)26-17-15-25(16-18-26)19-20(3)4;/h7-11,20H,5-6,12-19H2,1-4H3;1H. The Balaban J connectivity index is 0.00000261. The highest BCUT2D eigenvalue weighted by Gasteiger charge is 2.29. The van der Waals surface area contributed by atoms with Gasteiger partial charge >= 0.3 is 0 Å². The number of hydrogen-bond acceptors (Lipinski definition) is 2. The molecule has 1 aromatic rings. The summed E-state index contributed by atoms with van der Waals surface area (Å²) in [6.45, 7) is 15.3. The second-order valence-electron chi connectivity index (χ2n) is 8.84. The van der Waals surface area contributed by atoms with E-state index in [-0.39, 0.29) is 12.4 Å². The number of hydrogen-bond donors (Lipinski definition) is 0. The quantitative estimate of drug-likeness (QED) is 0.565. The van der Waals surface area contributed by atoms with Crippen LogP contribution in [0.4, 0.5) is 5.69 Å². The van der Waals surface area contributed by atoms with Gasteiger partial charge in [0.1, 0.15) is 0 Å². The molecule has 1 aliphatic carbocycles. The average Bonchev–Trinajstić information content (AvgIpc) is 2.68. The smallest absolute Gasteiger partial charge is 0.0443 e. The van der Waals surface area contributed by atoms with E-state index in [2.05, 4.69) is 67.8 Å². The van der Waals surface area contributed by atoms with Crippen LogP contribution in [0.5, 0.6) is 0 Å². The van der Waals surface area contributed by atoms with E-state index in [4.69, 9.17) is 0 Å². The lowest BCUT2D eigenvalue weighted by molar-refractivity contribution is 0.231. The molecule has 1 aliphatic heterocycles. The van der Waals surface area contributed by atoms with Gasteiger partial charge in [0.2, 0.25) is 0 Å². The van der Waals surface area contributed by atoms with E-state index >= 15 is 0 Å². The predicted octanol–water partition coefficient (Wildman–Crippen LogP) is 6.26. The first-order chi connectivity index (χ1) is 12.6. The van der Waals surface area contributed by atoms with Crippen molar-refractivity contribution in [2.24, 2.45) is 11.3 Å². The highest BCUT2D eigenvalue weighted by molar-refractivity contribution is 5.85. The van der Waals surface area contributed by atoms with E-state index in [1.165, 1.54) is 63.0 Å². The SMILES string of the molecule is CCC1(CC)CC=C(c2ccccc2N2CCN(CC(C)C)CC2)CC1.Cl. The van der Waals surface area contributed by atoms with Crippen molar-refractivity contribution in [3.05, 3.63) is 35.9 Å². The summed E-state index contributed by atoms with van der Waals surface area (Å²) < 4.78 is 0. The van der Waals surface area contributed by atoms with Crippen LogP contribution in [0, 0.1) is 11.3 Å². The summed E-state index contributed by atoms with van der Waals surface area (Å²) in [5.41, 5.74) is 5.10. The van der Waals surface area contributed by atoms with Crippen molar-refractivity contribution in [3.8, 4) is 0 Å². The number of nitrogens with zero attached hydrogens (tertiary/aromatic N) is 2. The van der Waals surface area contributed by atoms with Crippen LogP contribution in [0.25, 0.3) is 5.57 Å². The lowest BCUT2D eigenvalue weighted by Gasteiger charge is -2.39. The maximum absolute atomic E-state index is 2.63. The lowest BCUT2D eigenvalue weighted by Crippen LogP contribution is -2.47. The normalized spacial score (nSPS) is 20.3. The molecule has 3 rings (SSSR count). The molecule has 0 N–H and O–H groups in total. The highest BCUT2D eigenvalue weighted by Crippen LogP contribution is 2.44. The third-order valence-corrected chi connectivity index (χ3v) is 6.79. The van der Waals surface area contributed by atoms with E-state index in [1.54, 1.807) is 5.57 Å². The van der Waals surface area contributed by atoms with Crippen LogP contribution in [0.15, 0.2) is 30.3 Å². The van der Waals surface area contributed by atoms with Gasteiger partial charge in [0.15, 0.2) is 0 Å². The van der Waals surface area contributed by atoms with Gasteiger partial charge in [-0.15, -0.1) is 12.4 Å². The number of piperazine rings is 1. The van der Waals surface area contributed by atoms with E-state index in [1.807, 2.05) is 0 Å². The van der Waals surface area contributed by atoms with Gasteiger partial charge in [0.05, 0.1) is 0 Å². The molecule has 1 saturated heterocycles. The molecule has 0 unspecified atom stereocenters. The maximum atomic E-state index is 2.63. The summed E-state index contributed by atoms with van der Waals surface area (Å²) in [5.74, 6) is 0.763. The van der Waals surface area contributed by atoms with Crippen LogP contribution < -0.4 is 4.90 Å². The molecule has 1 heterocycles. The van der Waals surface area contributed by atoms with Gasteiger partial charge in [0.25, 0.3) is 0 Å². The second-order valence-corrected chi connectivity index (χ2v) is 8.84. The highest BCUT2D eigenvalue weighted by atomic mass is 35.5. The van der Waals surface area contributed by atoms with Crippen molar-refractivity contribution >= 4 is 23.7 Å². The molecule has 152 valence electrons. The fraction of sp³-hybridized carbons (Fsp3) is 0.667. The molecule has 0 aromatic heterocycles. The van der Waals surface area contributed by atoms with E-state index in [9.17, 15) is 0 Å². The molecular weight excluding hydrogens is 352 g/mol. The van der Waals surface area contributed by atoms with Gasteiger partial charge in [-0.2, -0.15) is 0 Å². The third kappa shape index (κ3) is 5.29. The molecule has 1 aromatic carbocycles. The first-order valence-electron chi connectivity index (χ1n) is 10.8. The van der Waals surface area contributed by atoms with Crippen molar-refractivity contribution < 1.29 is 0 Å². The number of rotatable bonds is 6. The van der Waals surface area contributed by atoms with Gasteiger partial charge in [-0.05, 0) is 42.2 Å². The molecule has 1 fully saturated rings. The molecule has 0 radical (unpaired) electrons. The zero-order valence-corrected chi connectivity index (χ0v) is 18.7. The molecule has 2 aliphatic rings. The molecule has 0 saturated carbocycles. The van der Waals surface area contributed by atoms with Gasteiger partial charge in [-0.3, -0.25) is 4.90 Å². The maximum Gasteiger partial charge on any atom is 0.0443 e. The van der Waals surface area contributed by atoms with Gasteiger partial charge in [-0.1, -0.05) is 64.8 Å². The molecule has 0 bridgehead atoms. The average molecular weight is 391 g/mol. The minimum absolute atomic E-state index is 0. The van der Waals surface area contributed by atoms with Crippen LogP contribution in [-0.2, 0) is 0 Å². The number of halogens is 1. The Bertz CT molecular complexity index is 611. The van der Waals surface area contributed by atoms with Gasteiger partial charge in [-0.25, -0.2) is 0 Å².